The molecule has 398 valence electrons. The van der Waals surface area contributed by atoms with E-state index in [1.807, 2.05) is 0 Å². The summed E-state index contributed by atoms with van der Waals surface area (Å²) in [5, 5.41) is 31.4. The summed E-state index contributed by atoms with van der Waals surface area (Å²) in [6, 6.07) is 0. The van der Waals surface area contributed by atoms with E-state index < -0.39 is 67.3 Å². The average Bonchev–Trinajstić information content (AvgIpc) is 3.33. The van der Waals surface area contributed by atoms with Gasteiger partial charge < -0.3 is 39.0 Å². The number of carboxylic acid groups (broad SMARTS) is 1. The van der Waals surface area contributed by atoms with E-state index in [-0.39, 0.29) is 25.9 Å². The maximum absolute atomic E-state index is 13.1. The van der Waals surface area contributed by atoms with E-state index in [9.17, 15) is 34.5 Å². The first kappa shape index (κ1) is 63.7. The van der Waals surface area contributed by atoms with E-state index in [2.05, 4.69) is 69.4 Å². The first-order valence-electron chi connectivity index (χ1n) is 27.6. The van der Waals surface area contributed by atoms with Gasteiger partial charge in [-0.05, 0) is 77.0 Å². The first-order valence-corrected chi connectivity index (χ1v) is 27.6. The fourth-order valence-electron chi connectivity index (χ4n) is 8.14. The molecule has 0 saturated carbocycles. The molecule has 0 aliphatic carbocycles. The highest BCUT2D eigenvalue weighted by Crippen LogP contribution is 2.26. The molecule has 0 aromatic heterocycles. The van der Waals surface area contributed by atoms with E-state index in [4.69, 9.17) is 23.7 Å². The van der Waals surface area contributed by atoms with E-state index in [0.29, 0.717) is 19.3 Å². The van der Waals surface area contributed by atoms with Gasteiger partial charge in [0, 0.05) is 19.3 Å². The van der Waals surface area contributed by atoms with Crippen molar-refractivity contribution in [2.45, 2.75) is 276 Å². The Balaban J connectivity index is 2.72. The Labute approximate surface area is 418 Å². The third-order valence-electron chi connectivity index (χ3n) is 12.4. The van der Waals surface area contributed by atoms with Gasteiger partial charge in [0.15, 0.2) is 24.6 Å². The molecule has 12 nitrogen and oxygen atoms in total. The Morgan fingerprint density at radius 3 is 1.42 bits per heavy atom. The minimum absolute atomic E-state index is 0.0491. The molecule has 1 aliphatic heterocycles. The van der Waals surface area contributed by atoms with Gasteiger partial charge in [0.25, 0.3) is 0 Å². The van der Waals surface area contributed by atoms with Crippen LogP contribution in [0.3, 0.4) is 0 Å². The van der Waals surface area contributed by atoms with Crippen LogP contribution in [0.15, 0.2) is 48.6 Å². The van der Waals surface area contributed by atoms with Crippen LogP contribution in [0.1, 0.15) is 239 Å². The van der Waals surface area contributed by atoms with Crippen molar-refractivity contribution in [3.63, 3.8) is 0 Å². The van der Waals surface area contributed by atoms with Gasteiger partial charge in [0.1, 0.15) is 18.8 Å². The predicted molar refractivity (Wildman–Crippen MR) is 276 cm³/mol. The van der Waals surface area contributed by atoms with Crippen LogP contribution in [0.5, 0.6) is 0 Å². The van der Waals surface area contributed by atoms with Crippen LogP contribution < -0.4 is 0 Å². The Morgan fingerprint density at radius 1 is 0.493 bits per heavy atom. The highest BCUT2D eigenvalue weighted by Gasteiger charge is 2.50. The van der Waals surface area contributed by atoms with Gasteiger partial charge in [0.05, 0.1) is 6.61 Å². The summed E-state index contributed by atoms with van der Waals surface area (Å²) in [5.41, 5.74) is 0. The summed E-state index contributed by atoms with van der Waals surface area (Å²) in [5.74, 6) is -3.16. The van der Waals surface area contributed by atoms with Gasteiger partial charge in [-0.25, -0.2) is 4.79 Å². The van der Waals surface area contributed by atoms with E-state index >= 15 is 0 Å². The van der Waals surface area contributed by atoms with Crippen molar-refractivity contribution in [1.82, 2.24) is 0 Å². The number of carbonyl (C=O) groups excluding carboxylic acids is 3. The lowest BCUT2D eigenvalue weighted by atomic mass is 9.98. The monoisotopic (exact) mass is 975 g/mol. The van der Waals surface area contributed by atoms with Crippen molar-refractivity contribution < 1.29 is 58.2 Å². The largest absolute Gasteiger partial charge is 0.479 e. The van der Waals surface area contributed by atoms with E-state index in [1.54, 1.807) is 0 Å². The predicted octanol–water partition coefficient (Wildman–Crippen LogP) is 13.4. The summed E-state index contributed by atoms with van der Waals surface area (Å²) in [6.07, 6.45) is 41.0. The molecule has 1 heterocycles. The summed E-state index contributed by atoms with van der Waals surface area (Å²) >= 11 is 0. The molecule has 1 rings (SSSR count). The van der Waals surface area contributed by atoms with Crippen molar-refractivity contribution in [3.05, 3.63) is 48.6 Å². The Morgan fingerprint density at radius 2 is 0.913 bits per heavy atom. The van der Waals surface area contributed by atoms with Crippen molar-refractivity contribution in [3.8, 4) is 0 Å². The number of aliphatic hydroxyl groups excluding tert-OH is 2. The normalized spacial score (nSPS) is 19.0. The lowest BCUT2D eigenvalue weighted by Crippen LogP contribution is -2.61. The molecule has 6 atom stereocenters. The third kappa shape index (κ3) is 36.3. The van der Waals surface area contributed by atoms with Crippen molar-refractivity contribution in [2.75, 3.05) is 13.2 Å². The highest BCUT2D eigenvalue weighted by atomic mass is 16.7. The molecule has 1 aliphatic rings. The van der Waals surface area contributed by atoms with E-state index in [0.717, 1.165) is 96.3 Å². The smallest absolute Gasteiger partial charge is 0.335 e. The molecule has 3 N–H and O–H groups in total. The number of allylic oxidation sites excluding steroid dienone is 8. The van der Waals surface area contributed by atoms with Gasteiger partial charge in [-0.1, -0.05) is 191 Å². The maximum Gasteiger partial charge on any atom is 0.335 e. The van der Waals surface area contributed by atoms with Crippen LogP contribution in [-0.4, -0.2) is 89.2 Å². The molecule has 1 saturated heterocycles. The zero-order valence-corrected chi connectivity index (χ0v) is 43.6. The molecule has 1 fully saturated rings. The average molecular weight is 975 g/mol. The lowest BCUT2D eigenvalue weighted by Gasteiger charge is -2.40. The van der Waals surface area contributed by atoms with Crippen LogP contribution in [0.25, 0.3) is 0 Å². The summed E-state index contributed by atoms with van der Waals surface area (Å²) in [6.45, 7) is 5.82. The maximum atomic E-state index is 13.1. The minimum Gasteiger partial charge on any atom is -0.479 e. The number of carboxylic acids is 1. The number of ether oxygens (including phenoxy) is 5. The molecule has 6 unspecified atom stereocenters. The Bertz CT molecular complexity index is 1390. The number of hydrogen-bond donors (Lipinski definition) is 3. The van der Waals surface area contributed by atoms with Crippen LogP contribution in [-0.2, 0) is 42.9 Å². The molecule has 0 radical (unpaired) electrons. The molecule has 0 amide bonds. The first-order chi connectivity index (χ1) is 33.6. The second-order valence-electron chi connectivity index (χ2n) is 18.8. The molecule has 0 bridgehead atoms. The van der Waals surface area contributed by atoms with Crippen LogP contribution in [0.2, 0.25) is 0 Å². The second-order valence-corrected chi connectivity index (χ2v) is 18.8. The minimum atomic E-state index is -1.91. The summed E-state index contributed by atoms with van der Waals surface area (Å²) in [7, 11) is 0. The second kappa shape index (κ2) is 45.8. The SMILES string of the molecule is CC/C=C\C/C=C\C/C=C\CCCCCC(=O)OCC(COC1OC(C(=O)O)C(O)C(O)C1OC(=O)CCCCCCC/C=C\CCCCCCCC)OC(=O)CCCCCCCCCCCCC. The third-order valence-corrected chi connectivity index (χ3v) is 12.4. The fraction of sp³-hybridized carbons (Fsp3) is 0.789. The van der Waals surface area contributed by atoms with Gasteiger partial charge in [-0.2, -0.15) is 0 Å². The topological polar surface area (TPSA) is 175 Å². The molecular formula is C57H98O12. The van der Waals surface area contributed by atoms with Crippen LogP contribution >= 0.6 is 0 Å². The molecule has 0 aromatic carbocycles. The van der Waals surface area contributed by atoms with Gasteiger partial charge >= 0.3 is 23.9 Å². The number of unbranched alkanes of at least 4 members (excludes halogenated alkanes) is 24. The Hall–Kier alpha value is -3.32. The van der Waals surface area contributed by atoms with Crippen LogP contribution in [0, 0.1) is 0 Å². The standard InChI is InChI=1S/C57H98O12/c1-4-7-10-13-16-19-22-24-25-27-30-33-36-39-42-45-51(60)68-55-53(62)52(61)54(56(63)64)69-57(55)66-47-48(67-50(59)44-41-38-35-32-28-21-18-15-12-9-6-3)46-65-49(58)43-40-37-34-31-29-26-23-20-17-14-11-8-5-2/h8,11,17,20,24-26,29,48,52-55,57,61-62H,4-7,9-10,12-16,18-19,21-23,27-28,30-47H2,1-3H3,(H,63,64)/b11-8-,20-17-,25-24-,29-26-. The Kier molecular flexibility index (Phi) is 42.3. The van der Waals surface area contributed by atoms with Crippen molar-refractivity contribution in [2.24, 2.45) is 0 Å². The molecule has 0 spiro atoms. The molecule has 12 heteroatoms. The number of esters is 3. The number of rotatable bonds is 46. The highest BCUT2D eigenvalue weighted by molar-refractivity contribution is 5.74. The number of aliphatic hydroxyl groups is 2. The molecule has 0 aromatic rings. The van der Waals surface area contributed by atoms with Crippen LogP contribution in [0.4, 0.5) is 0 Å². The zero-order valence-electron chi connectivity index (χ0n) is 43.6. The number of aliphatic carboxylic acids is 1. The van der Waals surface area contributed by atoms with E-state index in [1.165, 1.54) is 83.5 Å². The van der Waals surface area contributed by atoms with Gasteiger partial charge in [-0.3, -0.25) is 14.4 Å². The summed E-state index contributed by atoms with van der Waals surface area (Å²) < 4.78 is 28.3. The number of carbonyl (C=O) groups is 4. The lowest BCUT2D eigenvalue weighted by molar-refractivity contribution is -0.301. The number of hydrogen-bond acceptors (Lipinski definition) is 11. The van der Waals surface area contributed by atoms with Crippen molar-refractivity contribution >= 4 is 23.9 Å². The van der Waals surface area contributed by atoms with Gasteiger partial charge in [-0.15, -0.1) is 0 Å². The quantitative estimate of drug-likeness (QED) is 0.0228. The zero-order chi connectivity index (χ0) is 50.4. The summed E-state index contributed by atoms with van der Waals surface area (Å²) in [4.78, 5) is 50.9. The fourth-order valence-corrected chi connectivity index (χ4v) is 8.14. The van der Waals surface area contributed by atoms with Gasteiger partial charge in [0.2, 0.25) is 0 Å². The molecule has 69 heavy (non-hydrogen) atoms. The van der Waals surface area contributed by atoms with Crippen molar-refractivity contribution in [1.29, 1.82) is 0 Å². The molecular weight excluding hydrogens is 877 g/mol.